The van der Waals surface area contributed by atoms with Crippen LogP contribution in [0.2, 0.25) is 0 Å². The largest absolute Gasteiger partial charge is 0.339 e. The SMILES string of the molecule is CN(C(=O)c1ccccn1)C(Cc1ccccc1)C1CCN(C(=O)c2cccc(F)c2F)CC1. The lowest BCUT2D eigenvalue weighted by molar-refractivity contribution is 0.0516. The van der Waals surface area contributed by atoms with E-state index >= 15 is 0 Å². The topological polar surface area (TPSA) is 53.5 Å². The molecule has 34 heavy (non-hydrogen) atoms. The van der Waals surface area contributed by atoms with Gasteiger partial charge in [-0.15, -0.1) is 0 Å². The maximum atomic E-state index is 14.1. The van der Waals surface area contributed by atoms with E-state index in [0.717, 1.165) is 11.6 Å². The molecular weight excluding hydrogens is 436 g/mol. The van der Waals surface area contributed by atoms with Crippen molar-refractivity contribution in [1.82, 2.24) is 14.8 Å². The number of carbonyl (C=O) groups excluding carboxylic acids is 2. The maximum Gasteiger partial charge on any atom is 0.272 e. The summed E-state index contributed by atoms with van der Waals surface area (Å²) < 4.78 is 27.7. The van der Waals surface area contributed by atoms with Gasteiger partial charge in [0.1, 0.15) is 5.69 Å². The molecule has 5 nitrogen and oxygen atoms in total. The van der Waals surface area contributed by atoms with Crippen molar-refractivity contribution in [2.45, 2.75) is 25.3 Å². The number of halogens is 2. The molecule has 2 heterocycles. The zero-order chi connectivity index (χ0) is 24.1. The van der Waals surface area contributed by atoms with Crippen LogP contribution < -0.4 is 0 Å². The predicted molar refractivity (Wildman–Crippen MR) is 125 cm³/mol. The van der Waals surface area contributed by atoms with Gasteiger partial charge in [0.2, 0.25) is 0 Å². The van der Waals surface area contributed by atoms with Crippen molar-refractivity contribution in [3.05, 3.63) is 101 Å². The second-order valence-corrected chi connectivity index (χ2v) is 8.62. The minimum atomic E-state index is -1.11. The maximum absolute atomic E-state index is 14.1. The van der Waals surface area contributed by atoms with E-state index in [2.05, 4.69) is 4.98 Å². The molecule has 1 saturated heterocycles. The van der Waals surface area contributed by atoms with Crippen LogP contribution in [0.25, 0.3) is 0 Å². The van der Waals surface area contributed by atoms with Crippen LogP contribution in [-0.4, -0.2) is 52.8 Å². The van der Waals surface area contributed by atoms with E-state index in [1.807, 2.05) is 30.3 Å². The Hall–Kier alpha value is -3.61. The highest BCUT2D eigenvalue weighted by atomic mass is 19.2. The van der Waals surface area contributed by atoms with Crippen LogP contribution in [0.5, 0.6) is 0 Å². The van der Waals surface area contributed by atoms with E-state index in [9.17, 15) is 18.4 Å². The number of benzene rings is 2. The number of aromatic nitrogens is 1. The van der Waals surface area contributed by atoms with Crippen molar-refractivity contribution in [2.24, 2.45) is 5.92 Å². The Morgan fingerprint density at radius 2 is 1.71 bits per heavy atom. The number of likely N-dealkylation sites (N-methyl/N-ethyl adjacent to an activating group) is 1. The lowest BCUT2D eigenvalue weighted by Crippen LogP contribution is -2.48. The van der Waals surface area contributed by atoms with E-state index in [1.165, 1.54) is 12.1 Å². The second kappa shape index (κ2) is 10.5. The molecule has 1 aromatic heterocycles. The first-order valence-electron chi connectivity index (χ1n) is 11.4. The Balaban J connectivity index is 1.50. The molecule has 1 aliphatic heterocycles. The minimum Gasteiger partial charge on any atom is -0.339 e. The summed E-state index contributed by atoms with van der Waals surface area (Å²) in [6.45, 7) is 0.826. The third-order valence-electron chi connectivity index (χ3n) is 6.54. The molecule has 2 aromatic carbocycles. The molecule has 1 atom stereocenters. The van der Waals surface area contributed by atoms with Crippen LogP contribution in [0.15, 0.2) is 72.9 Å². The molecule has 2 amide bonds. The Morgan fingerprint density at radius 1 is 1.00 bits per heavy atom. The summed E-state index contributed by atoms with van der Waals surface area (Å²) >= 11 is 0. The van der Waals surface area contributed by atoms with Crippen LogP contribution in [0.1, 0.15) is 39.3 Å². The highest BCUT2D eigenvalue weighted by Crippen LogP contribution is 2.28. The summed E-state index contributed by atoms with van der Waals surface area (Å²) in [6, 6.07) is 18.8. The second-order valence-electron chi connectivity index (χ2n) is 8.62. The molecule has 0 radical (unpaired) electrons. The van der Waals surface area contributed by atoms with Crippen molar-refractivity contribution >= 4 is 11.8 Å². The average molecular weight is 464 g/mol. The lowest BCUT2D eigenvalue weighted by atomic mass is 9.84. The van der Waals surface area contributed by atoms with Gasteiger partial charge in [0.15, 0.2) is 11.6 Å². The van der Waals surface area contributed by atoms with Crippen LogP contribution in [0.3, 0.4) is 0 Å². The Kier molecular flexibility index (Phi) is 7.30. The first-order chi connectivity index (χ1) is 16.5. The molecule has 7 heteroatoms. The van der Waals surface area contributed by atoms with Crippen LogP contribution in [-0.2, 0) is 6.42 Å². The van der Waals surface area contributed by atoms with Crippen molar-refractivity contribution in [1.29, 1.82) is 0 Å². The smallest absolute Gasteiger partial charge is 0.272 e. The number of rotatable bonds is 6. The number of likely N-dealkylation sites (tertiary alicyclic amines) is 1. The molecule has 1 aliphatic rings. The zero-order valence-electron chi connectivity index (χ0n) is 19.0. The zero-order valence-corrected chi connectivity index (χ0v) is 19.0. The van der Waals surface area contributed by atoms with Gasteiger partial charge >= 0.3 is 0 Å². The molecular formula is C27H27F2N3O2. The monoisotopic (exact) mass is 463 g/mol. The van der Waals surface area contributed by atoms with Crippen LogP contribution >= 0.6 is 0 Å². The summed E-state index contributed by atoms with van der Waals surface area (Å²) in [5.74, 6) is -2.66. The predicted octanol–water partition coefficient (Wildman–Crippen LogP) is 4.60. The summed E-state index contributed by atoms with van der Waals surface area (Å²) in [4.78, 5) is 33.5. The highest BCUT2D eigenvalue weighted by Gasteiger charge is 2.34. The third-order valence-corrected chi connectivity index (χ3v) is 6.54. The Bertz CT molecular complexity index is 1130. The molecule has 0 bridgehead atoms. The van der Waals surface area contributed by atoms with Crippen molar-refractivity contribution < 1.29 is 18.4 Å². The first-order valence-corrected chi connectivity index (χ1v) is 11.4. The van der Waals surface area contributed by atoms with Gasteiger partial charge in [-0.2, -0.15) is 0 Å². The number of hydrogen-bond acceptors (Lipinski definition) is 3. The van der Waals surface area contributed by atoms with E-state index < -0.39 is 17.5 Å². The molecule has 1 fully saturated rings. The first kappa shape index (κ1) is 23.5. The van der Waals surface area contributed by atoms with Gasteiger partial charge in [0.25, 0.3) is 11.8 Å². The number of amides is 2. The fraction of sp³-hybridized carbons (Fsp3) is 0.296. The molecule has 0 saturated carbocycles. The van der Waals surface area contributed by atoms with Gasteiger partial charge < -0.3 is 9.80 Å². The van der Waals surface area contributed by atoms with E-state index in [1.54, 1.807) is 41.2 Å². The van der Waals surface area contributed by atoms with Gasteiger partial charge in [-0.1, -0.05) is 42.5 Å². The third kappa shape index (κ3) is 5.14. The molecule has 176 valence electrons. The highest BCUT2D eigenvalue weighted by molar-refractivity contribution is 5.94. The van der Waals surface area contributed by atoms with Gasteiger partial charge in [0, 0.05) is 32.4 Å². The lowest BCUT2D eigenvalue weighted by Gasteiger charge is -2.40. The quantitative estimate of drug-likeness (QED) is 0.537. The fourth-order valence-corrected chi connectivity index (χ4v) is 4.62. The van der Waals surface area contributed by atoms with Crippen LogP contribution in [0.4, 0.5) is 8.78 Å². The van der Waals surface area contributed by atoms with E-state index in [0.29, 0.717) is 38.0 Å². The van der Waals surface area contributed by atoms with Crippen molar-refractivity contribution in [3.63, 3.8) is 0 Å². The molecule has 3 aromatic rings. The molecule has 1 unspecified atom stereocenters. The van der Waals surface area contributed by atoms with E-state index in [4.69, 9.17) is 0 Å². The van der Waals surface area contributed by atoms with Crippen LogP contribution in [0, 0.1) is 17.6 Å². The summed E-state index contributed by atoms with van der Waals surface area (Å²) in [5, 5.41) is 0. The van der Waals surface area contributed by atoms with Gasteiger partial charge in [-0.05, 0) is 55.0 Å². The normalized spacial score (nSPS) is 15.1. The Morgan fingerprint density at radius 3 is 2.38 bits per heavy atom. The summed E-state index contributed by atoms with van der Waals surface area (Å²) in [6.07, 6.45) is 3.58. The number of piperidine rings is 1. The standard InChI is InChI=1S/C27H27F2N3O2/c1-31(27(34)23-12-5-6-15-30-23)24(18-19-8-3-2-4-9-19)20-13-16-32(17-14-20)26(33)21-10-7-11-22(28)25(21)29/h2-12,15,20,24H,13-14,16-18H2,1H3. The summed E-state index contributed by atoms with van der Waals surface area (Å²) in [5.41, 5.74) is 1.26. The number of pyridine rings is 1. The molecule has 0 aliphatic carbocycles. The fourth-order valence-electron chi connectivity index (χ4n) is 4.62. The van der Waals surface area contributed by atoms with Crippen molar-refractivity contribution in [2.75, 3.05) is 20.1 Å². The average Bonchev–Trinajstić information content (AvgIpc) is 2.89. The van der Waals surface area contributed by atoms with Gasteiger partial charge in [-0.3, -0.25) is 14.6 Å². The van der Waals surface area contributed by atoms with Gasteiger partial charge in [-0.25, -0.2) is 8.78 Å². The molecule has 0 N–H and O–H groups in total. The molecule has 4 rings (SSSR count). The number of nitrogens with zero attached hydrogens (tertiary/aromatic N) is 3. The van der Waals surface area contributed by atoms with Crippen molar-refractivity contribution in [3.8, 4) is 0 Å². The number of hydrogen-bond donors (Lipinski definition) is 0. The molecule has 0 spiro atoms. The van der Waals surface area contributed by atoms with Gasteiger partial charge in [0.05, 0.1) is 5.56 Å². The summed E-state index contributed by atoms with van der Waals surface area (Å²) in [7, 11) is 1.80. The number of carbonyl (C=O) groups is 2. The van der Waals surface area contributed by atoms with E-state index in [-0.39, 0.29) is 23.4 Å². The minimum absolute atomic E-state index is 0.0972. The Labute approximate surface area is 198 Å².